The van der Waals surface area contributed by atoms with Crippen LogP contribution in [0.5, 0.6) is 5.75 Å². The van der Waals surface area contributed by atoms with Gasteiger partial charge in [-0.05, 0) is 41.9 Å². The van der Waals surface area contributed by atoms with E-state index < -0.39 is 0 Å². The van der Waals surface area contributed by atoms with E-state index in [1.165, 1.54) is 0 Å². The Morgan fingerprint density at radius 2 is 2.19 bits per heavy atom. The van der Waals surface area contributed by atoms with Gasteiger partial charge in [-0.2, -0.15) is 4.98 Å². The first-order valence-electron chi connectivity index (χ1n) is 4.56. The number of ether oxygens (including phenoxy) is 1. The van der Waals surface area contributed by atoms with Crippen LogP contribution in [0.1, 0.15) is 18.9 Å². The Labute approximate surface area is 102 Å². The highest BCUT2D eigenvalue weighted by atomic mass is 35.5. The van der Waals surface area contributed by atoms with Crippen LogP contribution in [0.25, 0.3) is 0 Å². The van der Waals surface area contributed by atoms with Crippen LogP contribution in [0, 0.1) is 0 Å². The van der Waals surface area contributed by atoms with Gasteiger partial charge in [-0.3, -0.25) is 0 Å². The van der Waals surface area contributed by atoms with E-state index in [9.17, 15) is 0 Å². The molecular weight excluding hydrogens is 251 g/mol. The molecule has 1 aromatic heterocycles. The molecule has 0 amide bonds. The fourth-order valence-corrected chi connectivity index (χ4v) is 1.47. The van der Waals surface area contributed by atoms with Crippen molar-refractivity contribution < 1.29 is 9.26 Å². The highest BCUT2D eigenvalue weighted by molar-refractivity contribution is 6.30. The van der Waals surface area contributed by atoms with Gasteiger partial charge in [-0.15, -0.1) is 0 Å². The van der Waals surface area contributed by atoms with Crippen molar-refractivity contribution in [1.82, 2.24) is 10.1 Å². The van der Waals surface area contributed by atoms with Crippen molar-refractivity contribution >= 4 is 23.2 Å². The quantitative estimate of drug-likeness (QED) is 0.846. The zero-order valence-electron chi connectivity index (χ0n) is 8.35. The molecule has 0 saturated carbocycles. The molecule has 0 aliphatic rings. The molecular formula is C10H8Cl2N2O2. The summed E-state index contributed by atoms with van der Waals surface area (Å²) in [5.74, 6) is 0.958. The minimum absolute atomic E-state index is 0.0662. The molecule has 0 aliphatic heterocycles. The highest BCUT2D eigenvalue weighted by Crippen LogP contribution is 2.23. The minimum atomic E-state index is -0.376. The van der Waals surface area contributed by atoms with Gasteiger partial charge in [0.05, 0.1) is 0 Å². The third-order valence-corrected chi connectivity index (χ3v) is 2.26. The van der Waals surface area contributed by atoms with Gasteiger partial charge in [0.25, 0.3) is 11.2 Å². The van der Waals surface area contributed by atoms with Crippen molar-refractivity contribution in [2.75, 3.05) is 0 Å². The van der Waals surface area contributed by atoms with Gasteiger partial charge in [0.1, 0.15) is 5.75 Å². The van der Waals surface area contributed by atoms with Crippen molar-refractivity contribution in [3.63, 3.8) is 0 Å². The van der Waals surface area contributed by atoms with Crippen LogP contribution < -0.4 is 4.74 Å². The van der Waals surface area contributed by atoms with E-state index in [1.807, 2.05) is 0 Å². The molecule has 2 rings (SSSR count). The van der Waals surface area contributed by atoms with Gasteiger partial charge in [0.15, 0.2) is 6.10 Å². The Morgan fingerprint density at radius 3 is 2.81 bits per heavy atom. The maximum Gasteiger partial charge on any atom is 0.268 e. The predicted molar refractivity (Wildman–Crippen MR) is 59.8 cm³/mol. The summed E-state index contributed by atoms with van der Waals surface area (Å²) >= 11 is 11.4. The molecule has 0 radical (unpaired) electrons. The van der Waals surface area contributed by atoms with Gasteiger partial charge in [0, 0.05) is 5.02 Å². The van der Waals surface area contributed by atoms with Crippen LogP contribution in [-0.2, 0) is 0 Å². The second kappa shape index (κ2) is 4.72. The Balaban J connectivity index is 2.10. The molecule has 16 heavy (non-hydrogen) atoms. The summed E-state index contributed by atoms with van der Waals surface area (Å²) in [7, 11) is 0. The van der Waals surface area contributed by atoms with E-state index in [0.29, 0.717) is 16.7 Å². The minimum Gasteiger partial charge on any atom is -0.481 e. The van der Waals surface area contributed by atoms with Gasteiger partial charge in [-0.25, -0.2) is 0 Å². The second-order valence-electron chi connectivity index (χ2n) is 3.12. The molecule has 0 bridgehead atoms. The fourth-order valence-electron chi connectivity index (χ4n) is 1.18. The Morgan fingerprint density at radius 1 is 1.38 bits per heavy atom. The highest BCUT2D eigenvalue weighted by Gasteiger charge is 2.15. The number of benzene rings is 1. The average Bonchev–Trinajstić information content (AvgIpc) is 2.65. The topological polar surface area (TPSA) is 48.2 Å². The molecule has 0 N–H and O–H groups in total. The van der Waals surface area contributed by atoms with E-state index in [4.69, 9.17) is 32.5 Å². The zero-order valence-corrected chi connectivity index (χ0v) is 9.87. The van der Waals surface area contributed by atoms with Crippen LogP contribution in [0.3, 0.4) is 0 Å². The SMILES string of the molecule is CC(Oc1cccc(Cl)c1)c1nc(Cl)no1. The maximum absolute atomic E-state index is 5.83. The molecule has 0 spiro atoms. The number of hydrogen-bond donors (Lipinski definition) is 0. The summed E-state index contributed by atoms with van der Waals surface area (Å²) < 4.78 is 10.4. The Kier molecular flexibility index (Phi) is 3.31. The molecule has 84 valence electrons. The third kappa shape index (κ3) is 2.65. The van der Waals surface area contributed by atoms with Crippen molar-refractivity contribution in [2.24, 2.45) is 0 Å². The lowest BCUT2D eigenvalue weighted by molar-refractivity contribution is 0.176. The molecule has 0 saturated heterocycles. The maximum atomic E-state index is 5.83. The van der Waals surface area contributed by atoms with Gasteiger partial charge < -0.3 is 9.26 Å². The number of hydrogen-bond acceptors (Lipinski definition) is 4. The Bertz CT molecular complexity index is 487. The van der Waals surface area contributed by atoms with Gasteiger partial charge >= 0.3 is 0 Å². The standard InChI is InChI=1S/C10H8Cl2N2O2/c1-6(9-13-10(12)14-16-9)15-8-4-2-3-7(11)5-8/h2-6H,1H3. The average molecular weight is 259 g/mol. The lowest BCUT2D eigenvalue weighted by atomic mass is 10.3. The predicted octanol–water partition coefficient (Wildman–Crippen LogP) is 3.52. The molecule has 4 nitrogen and oxygen atoms in total. The zero-order chi connectivity index (χ0) is 11.5. The van der Waals surface area contributed by atoms with Crippen molar-refractivity contribution in [2.45, 2.75) is 13.0 Å². The van der Waals surface area contributed by atoms with Crippen LogP contribution in [0.2, 0.25) is 10.3 Å². The second-order valence-corrected chi connectivity index (χ2v) is 3.89. The van der Waals surface area contributed by atoms with Crippen LogP contribution in [-0.4, -0.2) is 10.1 Å². The summed E-state index contributed by atoms with van der Waals surface area (Å²) in [6.07, 6.45) is -0.376. The number of aromatic nitrogens is 2. The van der Waals surface area contributed by atoms with Gasteiger partial charge in [-0.1, -0.05) is 17.7 Å². The molecule has 0 fully saturated rings. The first kappa shape index (κ1) is 11.2. The first-order valence-corrected chi connectivity index (χ1v) is 5.32. The van der Waals surface area contributed by atoms with Gasteiger partial charge in [0.2, 0.25) is 0 Å². The van der Waals surface area contributed by atoms with E-state index in [0.717, 1.165) is 0 Å². The van der Waals surface area contributed by atoms with Crippen molar-refractivity contribution in [3.05, 3.63) is 40.5 Å². The van der Waals surface area contributed by atoms with E-state index in [-0.39, 0.29) is 11.4 Å². The third-order valence-electron chi connectivity index (χ3n) is 1.87. The smallest absolute Gasteiger partial charge is 0.268 e. The fraction of sp³-hybridized carbons (Fsp3) is 0.200. The van der Waals surface area contributed by atoms with Crippen molar-refractivity contribution in [3.8, 4) is 5.75 Å². The summed E-state index contributed by atoms with van der Waals surface area (Å²) in [6.45, 7) is 1.78. The molecule has 1 atom stereocenters. The monoisotopic (exact) mass is 258 g/mol. The van der Waals surface area contributed by atoms with Crippen LogP contribution in [0.15, 0.2) is 28.8 Å². The van der Waals surface area contributed by atoms with E-state index >= 15 is 0 Å². The summed E-state index contributed by atoms with van der Waals surface area (Å²) in [5.41, 5.74) is 0. The summed E-state index contributed by atoms with van der Waals surface area (Å²) in [4.78, 5) is 3.86. The number of rotatable bonds is 3. The normalized spacial score (nSPS) is 12.4. The summed E-state index contributed by atoms with van der Waals surface area (Å²) in [6, 6.07) is 7.06. The Hall–Kier alpha value is -1.26. The summed E-state index contributed by atoms with van der Waals surface area (Å²) in [5, 5.41) is 4.14. The molecule has 1 aromatic carbocycles. The first-order chi connectivity index (χ1) is 7.65. The molecule has 1 heterocycles. The van der Waals surface area contributed by atoms with Crippen molar-refractivity contribution in [1.29, 1.82) is 0 Å². The lowest BCUT2D eigenvalue weighted by Gasteiger charge is -2.10. The lowest BCUT2D eigenvalue weighted by Crippen LogP contribution is -2.03. The largest absolute Gasteiger partial charge is 0.481 e. The molecule has 0 aliphatic carbocycles. The van der Waals surface area contributed by atoms with E-state index in [1.54, 1.807) is 31.2 Å². The van der Waals surface area contributed by atoms with Crippen LogP contribution >= 0.6 is 23.2 Å². The van der Waals surface area contributed by atoms with Crippen LogP contribution in [0.4, 0.5) is 0 Å². The molecule has 2 aromatic rings. The number of nitrogens with zero attached hydrogens (tertiary/aromatic N) is 2. The number of halogens is 2. The molecule has 1 unspecified atom stereocenters. The molecule has 6 heteroatoms. The van der Waals surface area contributed by atoms with E-state index in [2.05, 4.69) is 10.1 Å².